The minimum atomic E-state index is 0. The molecule has 15 heavy (non-hydrogen) atoms. The Balaban J connectivity index is 0.00000112. The number of hydrogen-bond donors (Lipinski definition) is 0. The summed E-state index contributed by atoms with van der Waals surface area (Å²) in [5.74, 6) is 0.904. The first-order chi connectivity index (χ1) is 6.72. The molecule has 2 aromatic rings. The summed E-state index contributed by atoms with van der Waals surface area (Å²) in [6.07, 6.45) is 0. The predicted molar refractivity (Wildman–Crippen MR) is 56.4 cm³/mol. The third-order valence-electron chi connectivity index (χ3n) is 2.63. The van der Waals surface area contributed by atoms with E-state index in [4.69, 9.17) is 4.74 Å². The molecule has 0 radical (unpaired) electrons. The van der Waals surface area contributed by atoms with E-state index in [9.17, 15) is 0 Å². The Hall–Kier alpha value is -0.840. The summed E-state index contributed by atoms with van der Waals surface area (Å²) >= 11 is 0. The summed E-state index contributed by atoms with van der Waals surface area (Å²) in [4.78, 5) is 0. The Bertz CT molecular complexity index is 482. The predicted octanol–water partition coefficient (Wildman–Crippen LogP) is -1.01. The SMILES string of the molecule is COc1ccc2c(ccc(C)[n+]2C)c1.[I-]. The van der Waals surface area contributed by atoms with Crippen molar-refractivity contribution in [1.82, 2.24) is 0 Å². The van der Waals surface area contributed by atoms with Gasteiger partial charge >= 0.3 is 0 Å². The van der Waals surface area contributed by atoms with Crippen LogP contribution in [-0.2, 0) is 7.05 Å². The summed E-state index contributed by atoms with van der Waals surface area (Å²) in [5.41, 5.74) is 2.48. The van der Waals surface area contributed by atoms with Gasteiger partial charge in [-0.15, -0.1) is 0 Å². The zero-order valence-electron chi connectivity index (χ0n) is 9.12. The number of aromatic nitrogens is 1. The van der Waals surface area contributed by atoms with Gasteiger partial charge in [-0.3, -0.25) is 0 Å². The number of nitrogens with zero attached hydrogens (tertiary/aromatic N) is 1. The van der Waals surface area contributed by atoms with E-state index in [-0.39, 0.29) is 24.0 Å². The maximum absolute atomic E-state index is 5.18. The van der Waals surface area contributed by atoms with Gasteiger partial charge in [0.1, 0.15) is 12.8 Å². The van der Waals surface area contributed by atoms with Gasteiger partial charge in [0.15, 0.2) is 5.69 Å². The lowest BCUT2D eigenvalue weighted by Gasteiger charge is -2.02. The summed E-state index contributed by atoms with van der Waals surface area (Å²) in [6.45, 7) is 2.10. The van der Waals surface area contributed by atoms with Crippen molar-refractivity contribution < 1.29 is 33.3 Å². The molecule has 0 saturated heterocycles. The van der Waals surface area contributed by atoms with Crippen molar-refractivity contribution in [2.75, 3.05) is 7.11 Å². The van der Waals surface area contributed by atoms with Crippen LogP contribution < -0.4 is 33.3 Å². The molecule has 1 aromatic heterocycles. The minimum absolute atomic E-state index is 0. The average Bonchev–Trinajstić information content (AvgIpc) is 2.23. The average molecular weight is 315 g/mol. The molecule has 3 heteroatoms. The normalized spacial score (nSPS) is 9.80. The zero-order chi connectivity index (χ0) is 10.1. The summed E-state index contributed by atoms with van der Waals surface area (Å²) in [7, 11) is 3.76. The molecule has 0 fully saturated rings. The Morgan fingerprint density at radius 2 is 1.87 bits per heavy atom. The highest BCUT2D eigenvalue weighted by Gasteiger charge is 2.07. The van der Waals surface area contributed by atoms with Crippen molar-refractivity contribution in [2.45, 2.75) is 6.92 Å². The topological polar surface area (TPSA) is 13.1 Å². The lowest BCUT2D eigenvalue weighted by Crippen LogP contribution is -3.00. The third-order valence-corrected chi connectivity index (χ3v) is 2.63. The molecule has 0 bridgehead atoms. The fourth-order valence-corrected chi connectivity index (χ4v) is 1.61. The van der Waals surface area contributed by atoms with Gasteiger partial charge in [0.25, 0.3) is 0 Å². The molecule has 2 nitrogen and oxygen atoms in total. The number of rotatable bonds is 1. The van der Waals surface area contributed by atoms with Crippen molar-refractivity contribution in [1.29, 1.82) is 0 Å². The van der Waals surface area contributed by atoms with Gasteiger partial charge in [-0.05, 0) is 18.2 Å². The van der Waals surface area contributed by atoms with Crippen LogP contribution >= 0.6 is 0 Å². The molecule has 0 unspecified atom stereocenters. The van der Waals surface area contributed by atoms with Gasteiger partial charge in [-0.1, -0.05) is 0 Å². The van der Waals surface area contributed by atoms with E-state index in [0.29, 0.717) is 0 Å². The van der Waals surface area contributed by atoms with Gasteiger partial charge in [0, 0.05) is 19.1 Å². The van der Waals surface area contributed by atoms with E-state index >= 15 is 0 Å². The fraction of sp³-hybridized carbons (Fsp3) is 0.250. The van der Waals surface area contributed by atoms with Crippen LogP contribution in [0.25, 0.3) is 10.9 Å². The largest absolute Gasteiger partial charge is 1.00 e. The van der Waals surface area contributed by atoms with E-state index in [1.165, 1.54) is 16.6 Å². The van der Waals surface area contributed by atoms with Crippen LogP contribution in [0.3, 0.4) is 0 Å². The lowest BCUT2D eigenvalue weighted by molar-refractivity contribution is -0.651. The molecule has 0 aliphatic heterocycles. The van der Waals surface area contributed by atoms with E-state index in [1.807, 2.05) is 6.07 Å². The number of fused-ring (bicyclic) bond motifs is 1. The van der Waals surface area contributed by atoms with E-state index in [2.05, 4.69) is 42.8 Å². The highest BCUT2D eigenvalue weighted by molar-refractivity contribution is 5.77. The second kappa shape index (κ2) is 4.79. The monoisotopic (exact) mass is 315 g/mol. The van der Waals surface area contributed by atoms with Gasteiger partial charge < -0.3 is 28.7 Å². The third kappa shape index (κ3) is 2.22. The van der Waals surface area contributed by atoms with Crippen LogP contribution in [0.5, 0.6) is 5.75 Å². The van der Waals surface area contributed by atoms with Gasteiger partial charge in [0.2, 0.25) is 5.52 Å². The number of aryl methyl sites for hydroxylation is 2. The van der Waals surface area contributed by atoms with E-state index in [1.54, 1.807) is 7.11 Å². The molecule has 0 spiro atoms. The van der Waals surface area contributed by atoms with Crippen molar-refractivity contribution in [2.24, 2.45) is 7.05 Å². The quantitative estimate of drug-likeness (QED) is 0.485. The van der Waals surface area contributed by atoms with Gasteiger partial charge in [-0.25, -0.2) is 0 Å². The van der Waals surface area contributed by atoms with Crippen LogP contribution in [-0.4, -0.2) is 7.11 Å². The zero-order valence-corrected chi connectivity index (χ0v) is 11.3. The second-order valence-electron chi connectivity index (χ2n) is 3.46. The van der Waals surface area contributed by atoms with Crippen LogP contribution in [0.1, 0.15) is 5.69 Å². The van der Waals surface area contributed by atoms with Crippen LogP contribution in [0.15, 0.2) is 30.3 Å². The molecule has 0 saturated carbocycles. The van der Waals surface area contributed by atoms with Crippen LogP contribution in [0, 0.1) is 6.92 Å². The smallest absolute Gasteiger partial charge is 0.212 e. The Morgan fingerprint density at radius 3 is 2.53 bits per heavy atom. The van der Waals surface area contributed by atoms with E-state index < -0.39 is 0 Å². The highest BCUT2D eigenvalue weighted by atomic mass is 127. The number of methoxy groups -OCH3 is 1. The first kappa shape index (κ1) is 12.2. The van der Waals surface area contributed by atoms with Crippen molar-refractivity contribution >= 4 is 10.9 Å². The second-order valence-corrected chi connectivity index (χ2v) is 3.46. The fourth-order valence-electron chi connectivity index (χ4n) is 1.61. The number of ether oxygens (including phenoxy) is 1. The Labute approximate surface area is 107 Å². The van der Waals surface area contributed by atoms with Gasteiger partial charge in [0.05, 0.1) is 12.5 Å². The van der Waals surface area contributed by atoms with Crippen LogP contribution in [0.2, 0.25) is 0 Å². The highest BCUT2D eigenvalue weighted by Crippen LogP contribution is 2.17. The number of benzene rings is 1. The van der Waals surface area contributed by atoms with Crippen LogP contribution in [0.4, 0.5) is 0 Å². The summed E-state index contributed by atoms with van der Waals surface area (Å²) in [5, 5.41) is 1.21. The Kier molecular flexibility index (Phi) is 3.90. The molecule has 0 N–H and O–H groups in total. The Morgan fingerprint density at radius 1 is 1.13 bits per heavy atom. The standard InChI is InChI=1S/C12H14NO.HI/c1-9-4-5-10-8-11(14-3)6-7-12(10)13(9)2;/h4-8H,1-3H3;1H/q+1;/p-1. The maximum atomic E-state index is 5.18. The lowest BCUT2D eigenvalue weighted by atomic mass is 10.2. The number of pyridine rings is 1. The van der Waals surface area contributed by atoms with Gasteiger partial charge in [-0.2, -0.15) is 4.57 Å². The first-order valence-electron chi connectivity index (χ1n) is 4.66. The number of halogens is 1. The van der Waals surface area contributed by atoms with Crippen molar-refractivity contribution in [3.05, 3.63) is 36.0 Å². The molecule has 0 aliphatic carbocycles. The molecule has 0 amide bonds. The summed E-state index contributed by atoms with van der Waals surface area (Å²) < 4.78 is 7.36. The molecule has 2 rings (SSSR count). The van der Waals surface area contributed by atoms with Crippen molar-refractivity contribution in [3.8, 4) is 5.75 Å². The number of hydrogen-bond acceptors (Lipinski definition) is 1. The molecular formula is C12H14INO. The molecule has 80 valence electrons. The molecular weight excluding hydrogens is 301 g/mol. The minimum Gasteiger partial charge on any atom is -1.00 e. The van der Waals surface area contributed by atoms with Crippen molar-refractivity contribution in [3.63, 3.8) is 0 Å². The molecule has 1 heterocycles. The van der Waals surface area contributed by atoms with E-state index in [0.717, 1.165) is 5.75 Å². The first-order valence-corrected chi connectivity index (χ1v) is 4.66. The summed E-state index contributed by atoms with van der Waals surface area (Å²) in [6, 6.07) is 10.4. The molecule has 0 atom stereocenters. The molecule has 1 aromatic carbocycles. The maximum Gasteiger partial charge on any atom is 0.212 e. The molecule has 0 aliphatic rings.